The van der Waals surface area contributed by atoms with Gasteiger partial charge in [-0.3, -0.25) is 0 Å². The molecule has 0 bridgehead atoms. The van der Waals surface area contributed by atoms with Gasteiger partial charge in [-0.15, -0.1) is 0 Å². The number of hydrogen-bond donors (Lipinski definition) is 1. The van der Waals surface area contributed by atoms with Crippen LogP contribution in [0.15, 0.2) is 18.2 Å². The molecule has 0 saturated heterocycles. The van der Waals surface area contributed by atoms with Crippen LogP contribution in [-0.2, 0) is 9.84 Å². The van der Waals surface area contributed by atoms with E-state index in [-0.39, 0.29) is 23.2 Å². The van der Waals surface area contributed by atoms with Crippen LogP contribution in [0.2, 0.25) is 0 Å². The van der Waals surface area contributed by atoms with E-state index in [4.69, 9.17) is 4.74 Å². The molecule has 122 valence electrons. The van der Waals surface area contributed by atoms with Crippen molar-refractivity contribution in [1.82, 2.24) is 5.32 Å². The summed E-state index contributed by atoms with van der Waals surface area (Å²) in [6.45, 7) is 0.562. The number of hydrogen-bond acceptors (Lipinski definition) is 4. The molecule has 3 rings (SSSR count). The Morgan fingerprint density at radius 2 is 2.00 bits per heavy atom. The molecule has 4 nitrogen and oxygen atoms in total. The molecule has 6 heteroatoms. The molecule has 1 heterocycles. The third kappa shape index (κ3) is 3.27. The van der Waals surface area contributed by atoms with E-state index in [0.717, 1.165) is 31.2 Å². The van der Waals surface area contributed by atoms with Crippen LogP contribution in [0.4, 0.5) is 4.39 Å². The van der Waals surface area contributed by atoms with Crippen LogP contribution >= 0.6 is 0 Å². The van der Waals surface area contributed by atoms with Crippen LogP contribution in [-0.4, -0.2) is 32.6 Å². The number of sulfone groups is 1. The summed E-state index contributed by atoms with van der Waals surface area (Å²) in [6, 6.07) is 4.41. The maximum Gasteiger partial charge on any atom is 0.151 e. The molecule has 1 N–H and O–H groups in total. The van der Waals surface area contributed by atoms with Gasteiger partial charge in [-0.25, -0.2) is 12.8 Å². The molecule has 1 aromatic rings. The third-order valence-electron chi connectivity index (χ3n) is 4.68. The minimum atomic E-state index is -3.08. The second kappa shape index (κ2) is 6.16. The lowest BCUT2D eigenvalue weighted by Crippen LogP contribution is -2.48. The minimum absolute atomic E-state index is 0.0493. The number of halogens is 1. The van der Waals surface area contributed by atoms with Crippen molar-refractivity contribution in [2.45, 2.75) is 49.4 Å². The number of fused-ring (bicyclic) bond motifs is 1. The Kier molecular flexibility index (Phi) is 4.41. The summed E-state index contributed by atoms with van der Waals surface area (Å²) in [7, 11) is -3.08. The summed E-state index contributed by atoms with van der Waals surface area (Å²) < 4.78 is 43.1. The van der Waals surface area contributed by atoms with Gasteiger partial charge in [-0.2, -0.15) is 0 Å². The number of benzene rings is 1. The van der Waals surface area contributed by atoms with Crippen LogP contribution < -0.4 is 10.1 Å². The lowest BCUT2D eigenvalue weighted by molar-refractivity contribution is 0.232. The highest BCUT2D eigenvalue weighted by atomic mass is 32.2. The molecule has 22 heavy (non-hydrogen) atoms. The fourth-order valence-corrected chi connectivity index (χ4v) is 5.00. The van der Waals surface area contributed by atoms with E-state index in [9.17, 15) is 12.8 Å². The fraction of sp³-hybridized carbons (Fsp3) is 0.625. The Labute approximate surface area is 131 Å². The van der Waals surface area contributed by atoms with E-state index in [1.807, 2.05) is 0 Å². The minimum Gasteiger partial charge on any atom is -0.493 e. The van der Waals surface area contributed by atoms with Gasteiger partial charge in [0.25, 0.3) is 0 Å². The second-order valence-corrected chi connectivity index (χ2v) is 8.56. The monoisotopic (exact) mass is 327 g/mol. The molecule has 0 amide bonds. The second-order valence-electron chi connectivity index (χ2n) is 6.30. The SMILES string of the molecule is CS(=O)(=O)[C@@H]1CCCC[C@H]1N[C@@H]1CCOc2ccc(F)cc21. The molecule has 3 atom stereocenters. The Bertz CT molecular complexity index is 647. The van der Waals surface area contributed by atoms with Crippen molar-refractivity contribution in [2.24, 2.45) is 0 Å². The first-order valence-electron chi connectivity index (χ1n) is 7.82. The maximum absolute atomic E-state index is 13.5. The van der Waals surface area contributed by atoms with Crippen LogP contribution in [0.5, 0.6) is 5.75 Å². The highest BCUT2D eigenvalue weighted by Gasteiger charge is 2.35. The Morgan fingerprint density at radius 1 is 1.23 bits per heavy atom. The average Bonchev–Trinajstić information content (AvgIpc) is 2.47. The Morgan fingerprint density at radius 3 is 2.77 bits per heavy atom. The molecule has 0 spiro atoms. The molecule has 0 radical (unpaired) electrons. The lowest BCUT2D eigenvalue weighted by atomic mass is 9.92. The number of nitrogens with one attached hydrogen (secondary N) is 1. The van der Waals surface area contributed by atoms with E-state index < -0.39 is 9.84 Å². The van der Waals surface area contributed by atoms with Crippen molar-refractivity contribution in [1.29, 1.82) is 0 Å². The van der Waals surface area contributed by atoms with Crippen LogP contribution in [0.1, 0.15) is 43.7 Å². The first-order valence-corrected chi connectivity index (χ1v) is 9.78. The van der Waals surface area contributed by atoms with Crippen molar-refractivity contribution in [3.63, 3.8) is 0 Å². The van der Waals surface area contributed by atoms with Gasteiger partial charge < -0.3 is 10.1 Å². The normalized spacial score (nSPS) is 28.7. The predicted octanol–water partition coefficient (Wildman–Crippen LogP) is 2.59. The summed E-state index contributed by atoms with van der Waals surface area (Å²) in [4.78, 5) is 0. The summed E-state index contributed by atoms with van der Waals surface area (Å²) in [5.41, 5.74) is 0.795. The largest absolute Gasteiger partial charge is 0.493 e. The number of ether oxygens (including phenoxy) is 1. The van der Waals surface area contributed by atoms with Crippen molar-refractivity contribution in [3.05, 3.63) is 29.6 Å². The average molecular weight is 327 g/mol. The first kappa shape index (κ1) is 15.7. The van der Waals surface area contributed by atoms with Gasteiger partial charge in [0.2, 0.25) is 0 Å². The molecular weight excluding hydrogens is 305 g/mol. The van der Waals surface area contributed by atoms with E-state index in [2.05, 4.69) is 5.32 Å². The molecule has 0 aromatic heterocycles. The van der Waals surface area contributed by atoms with Gasteiger partial charge in [0.15, 0.2) is 9.84 Å². The van der Waals surface area contributed by atoms with Crippen molar-refractivity contribution in [3.8, 4) is 5.75 Å². The van der Waals surface area contributed by atoms with Gasteiger partial charge in [-0.1, -0.05) is 12.8 Å². The van der Waals surface area contributed by atoms with Crippen molar-refractivity contribution < 1.29 is 17.5 Å². The quantitative estimate of drug-likeness (QED) is 0.927. The van der Waals surface area contributed by atoms with Crippen molar-refractivity contribution >= 4 is 9.84 Å². The fourth-order valence-electron chi connectivity index (χ4n) is 3.60. The van der Waals surface area contributed by atoms with E-state index >= 15 is 0 Å². The summed E-state index contributed by atoms with van der Waals surface area (Å²) in [6.07, 6.45) is 5.58. The highest BCUT2D eigenvalue weighted by molar-refractivity contribution is 7.91. The predicted molar refractivity (Wildman–Crippen MR) is 83.3 cm³/mol. The molecule has 1 fully saturated rings. The molecule has 1 aliphatic carbocycles. The summed E-state index contributed by atoms with van der Waals surface area (Å²) in [5, 5.41) is 3.13. The smallest absolute Gasteiger partial charge is 0.151 e. The number of rotatable bonds is 3. The Balaban J connectivity index is 1.82. The third-order valence-corrected chi connectivity index (χ3v) is 6.34. The van der Waals surface area contributed by atoms with Gasteiger partial charge in [0.05, 0.1) is 11.9 Å². The first-order chi connectivity index (χ1) is 10.4. The van der Waals surface area contributed by atoms with Crippen LogP contribution in [0, 0.1) is 5.82 Å². The van der Waals surface area contributed by atoms with E-state index in [0.29, 0.717) is 18.8 Å². The van der Waals surface area contributed by atoms with Crippen LogP contribution in [0.25, 0.3) is 0 Å². The zero-order chi connectivity index (χ0) is 15.7. The zero-order valence-corrected chi connectivity index (χ0v) is 13.5. The highest BCUT2D eigenvalue weighted by Crippen LogP contribution is 2.34. The zero-order valence-electron chi connectivity index (χ0n) is 12.7. The lowest BCUT2D eigenvalue weighted by Gasteiger charge is -2.36. The van der Waals surface area contributed by atoms with Crippen LogP contribution in [0.3, 0.4) is 0 Å². The van der Waals surface area contributed by atoms with Gasteiger partial charge in [0, 0.05) is 30.3 Å². The maximum atomic E-state index is 13.5. The Hall–Kier alpha value is -1.14. The molecular formula is C16H22FNO3S. The standard InChI is InChI=1S/C16H22FNO3S/c1-22(19,20)16-5-3-2-4-14(16)18-13-8-9-21-15-7-6-11(17)10-12(13)15/h6-7,10,13-14,16,18H,2-5,8-9H2,1H3/t13-,14-,16-/m1/s1. The summed E-state index contributed by atoms with van der Waals surface area (Å²) >= 11 is 0. The summed E-state index contributed by atoms with van der Waals surface area (Å²) in [5.74, 6) is 0.399. The van der Waals surface area contributed by atoms with Crippen molar-refractivity contribution in [2.75, 3.05) is 12.9 Å². The van der Waals surface area contributed by atoms with Gasteiger partial charge in [-0.05, 0) is 31.0 Å². The van der Waals surface area contributed by atoms with E-state index in [1.165, 1.54) is 18.4 Å². The van der Waals surface area contributed by atoms with Gasteiger partial charge in [0.1, 0.15) is 11.6 Å². The molecule has 1 saturated carbocycles. The molecule has 1 aromatic carbocycles. The molecule has 2 aliphatic rings. The van der Waals surface area contributed by atoms with E-state index in [1.54, 1.807) is 6.07 Å². The van der Waals surface area contributed by atoms with Gasteiger partial charge >= 0.3 is 0 Å². The molecule has 0 unspecified atom stereocenters. The topological polar surface area (TPSA) is 55.4 Å². The molecule has 1 aliphatic heterocycles.